The summed E-state index contributed by atoms with van der Waals surface area (Å²) in [5.41, 5.74) is 6.92. The second kappa shape index (κ2) is 10.3. The molecule has 154 valence electrons. The highest BCUT2D eigenvalue weighted by atomic mass is 32.1. The average Bonchev–Trinajstić information content (AvgIpc) is 3.20. The predicted molar refractivity (Wildman–Crippen MR) is 117 cm³/mol. The molecule has 30 heavy (non-hydrogen) atoms. The molecule has 0 radical (unpaired) electrons. The van der Waals surface area contributed by atoms with E-state index >= 15 is 0 Å². The van der Waals surface area contributed by atoms with Gasteiger partial charge in [0.15, 0.2) is 0 Å². The molecule has 0 saturated carbocycles. The number of hydrazone groups is 1. The number of methoxy groups -OCH3 is 1. The lowest BCUT2D eigenvalue weighted by Gasteiger charge is -2.04. The van der Waals surface area contributed by atoms with Gasteiger partial charge in [-0.25, -0.2) is 9.78 Å². The van der Waals surface area contributed by atoms with Gasteiger partial charge in [-0.05, 0) is 41.8 Å². The largest absolute Gasteiger partial charge is 0.466 e. The number of thiazole rings is 1. The molecule has 0 atom stereocenters. The quantitative estimate of drug-likeness (QED) is 0.333. The fourth-order valence-corrected chi connectivity index (χ4v) is 3.34. The molecule has 0 unspecified atom stereocenters. The first-order valence-corrected chi connectivity index (χ1v) is 10.1. The van der Waals surface area contributed by atoms with Crippen molar-refractivity contribution in [3.05, 3.63) is 70.7 Å². The third-order valence-corrected chi connectivity index (χ3v) is 4.88. The Morgan fingerprint density at radius 2 is 1.97 bits per heavy atom. The fourth-order valence-electron chi connectivity index (χ4n) is 2.68. The highest BCUT2D eigenvalue weighted by Crippen LogP contribution is 2.21. The number of nitrogens with zero attached hydrogens (tertiary/aromatic N) is 2. The molecule has 1 heterocycles. The van der Waals surface area contributed by atoms with E-state index in [2.05, 4.69) is 15.5 Å². The van der Waals surface area contributed by atoms with Crippen molar-refractivity contribution in [2.24, 2.45) is 5.10 Å². The number of rotatable bonds is 8. The number of hydrogen-bond acceptors (Lipinski definition) is 8. The minimum Gasteiger partial charge on any atom is -0.466 e. The molecule has 0 aliphatic rings. The first-order chi connectivity index (χ1) is 14.6. The Labute approximate surface area is 178 Å². The molecule has 3 rings (SSSR count). The number of aromatic nitrogens is 1. The van der Waals surface area contributed by atoms with E-state index < -0.39 is 0 Å². The maximum atomic E-state index is 11.6. The van der Waals surface area contributed by atoms with Gasteiger partial charge in [-0.1, -0.05) is 30.3 Å². The van der Waals surface area contributed by atoms with Gasteiger partial charge in [0.2, 0.25) is 5.13 Å². The minimum atomic E-state index is -0.360. The summed E-state index contributed by atoms with van der Waals surface area (Å²) in [5, 5.41) is 6.62. The Balaban J connectivity index is 1.63. The Morgan fingerprint density at radius 3 is 2.70 bits per heavy atom. The second-order valence-electron chi connectivity index (χ2n) is 6.19. The zero-order valence-corrected chi connectivity index (χ0v) is 17.4. The molecule has 3 aromatic rings. The van der Waals surface area contributed by atoms with Crippen LogP contribution in [0.4, 0.5) is 5.13 Å². The van der Waals surface area contributed by atoms with Crippen LogP contribution in [0.15, 0.2) is 59.0 Å². The van der Waals surface area contributed by atoms with Crippen LogP contribution in [0.1, 0.15) is 28.5 Å². The molecule has 0 saturated heterocycles. The Morgan fingerprint density at radius 1 is 1.17 bits per heavy atom. The van der Waals surface area contributed by atoms with Gasteiger partial charge < -0.3 is 9.47 Å². The van der Waals surface area contributed by atoms with Crippen molar-refractivity contribution in [3.8, 4) is 11.1 Å². The fraction of sp³-hybridized carbons (Fsp3) is 0.182. The monoisotopic (exact) mass is 423 g/mol. The van der Waals surface area contributed by atoms with Gasteiger partial charge in [0.25, 0.3) is 0 Å². The van der Waals surface area contributed by atoms with Crippen molar-refractivity contribution in [2.75, 3.05) is 19.1 Å². The lowest BCUT2D eigenvalue weighted by molar-refractivity contribution is -0.142. The lowest BCUT2D eigenvalue weighted by Crippen LogP contribution is -2.07. The van der Waals surface area contributed by atoms with Crippen molar-refractivity contribution in [2.45, 2.75) is 13.3 Å². The van der Waals surface area contributed by atoms with E-state index in [9.17, 15) is 9.59 Å². The van der Waals surface area contributed by atoms with E-state index in [-0.39, 0.29) is 18.4 Å². The zero-order valence-electron chi connectivity index (χ0n) is 16.6. The summed E-state index contributed by atoms with van der Waals surface area (Å²) in [6.45, 7) is 2.12. The van der Waals surface area contributed by atoms with Crippen molar-refractivity contribution in [1.29, 1.82) is 0 Å². The molecule has 0 fully saturated rings. The molecule has 0 bridgehead atoms. The van der Waals surface area contributed by atoms with E-state index in [1.807, 2.05) is 36.4 Å². The molecule has 7 nitrogen and oxygen atoms in total. The summed E-state index contributed by atoms with van der Waals surface area (Å²) in [6, 6.07) is 15.1. The van der Waals surface area contributed by atoms with Crippen LogP contribution in [-0.2, 0) is 20.7 Å². The SMILES string of the molecule is CCOC(=O)Cc1csc(NN=Cc2cccc(-c3ccc(C(=O)OC)cc3)c2)n1. The van der Waals surface area contributed by atoms with Crippen molar-refractivity contribution in [1.82, 2.24) is 4.98 Å². The van der Waals surface area contributed by atoms with E-state index in [0.717, 1.165) is 16.7 Å². The number of esters is 2. The van der Waals surface area contributed by atoms with Crippen LogP contribution >= 0.6 is 11.3 Å². The molecule has 1 aromatic heterocycles. The van der Waals surface area contributed by atoms with Gasteiger partial charge in [-0.2, -0.15) is 5.10 Å². The Kier molecular flexibility index (Phi) is 7.29. The van der Waals surface area contributed by atoms with Gasteiger partial charge in [0.05, 0.1) is 37.6 Å². The normalized spacial score (nSPS) is 10.7. The minimum absolute atomic E-state index is 0.145. The maximum Gasteiger partial charge on any atom is 0.337 e. The number of hydrogen-bond donors (Lipinski definition) is 1. The highest BCUT2D eigenvalue weighted by molar-refractivity contribution is 7.13. The van der Waals surface area contributed by atoms with E-state index in [0.29, 0.717) is 23.0 Å². The van der Waals surface area contributed by atoms with Crippen molar-refractivity contribution >= 4 is 34.6 Å². The van der Waals surface area contributed by atoms with E-state index in [1.54, 1.807) is 30.7 Å². The van der Waals surface area contributed by atoms with Crippen molar-refractivity contribution in [3.63, 3.8) is 0 Å². The van der Waals surface area contributed by atoms with E-state index in [4.69, 9.17) is 9.47 Å². The third kappa shape index (κ3) is 5.74. The summed E-state index contributed by atoms with van der Waals surface area (Å²) >= 11 is 1.37. The number of benzene rings is 2. The van der Waals surface area contributed by atoms with Gasteiger partial charge in [-0.3, -0.25) is 10.2 Å². The molecule has 1 N–H and O–H groups in total. The number of nitrogens with one attached hydrogen (secondary N) is 1. The van der Waals surface area contributed by atoms with Crippen molar-refractivity contribution < 1.29 is 19.1 Å². The van der Waals surface area contributed by atoms with Gasteiger partial charge in [-0.15, -0.1) is 11.3 Å². The maximum absolute atomic E-state index is 11.6. The first kappa shape index (κ1) is 21.2. The predicted octanol–water partition coefficient (Wildman–Crippen LogP) is 4.15. The van der Waals surface area contributed by atoms with Crippen LogP contribution in [0, 0.1) is 0 Å². The molecule has 8 heteroatoms. The average molecular weight is 423 g/mol. The zero-order chi connectivity index (χ0) is 21.3. The summed E-state index contributed by atoms with van der Waals surface area (Å²) in [5.74, 6) is -0.657. The Bertz CT molecular complexity index is 1040. The third-order valence-electron chi connectivity index (χ3n) is 4.08. The molecule has 0 aliphatic heterocycles. The van der Waals surface area contributed by atoms with Crippen LogP contribution in [-0.4, -0.2) is 36.9 Å². The standard InChI is InChI=1S/C22H21N3O4S/c1-3-29-20(26)12-19-14-30-22(24-19)25-23-13-15-5-4-6-18(11-15)16-7-9-17(10-8-16)21(27)28-2/h4-11,13-14H,3,12H2,1-2H3,(H,24,25). The second-order valence-corrected chi connectivity index (χ2v) is 7.05. The topological polar surface area (TPSA) is 89.9 Å². The van der Waals surface area contributed by atoms with Crippen LogP contribution in [0.2, 0.25) is 0 Å². The summed E-state index contributed by atoms with van der Waals surface area (Å²) in [6.07, 6.45) is 1.84. The van der Waals surface area contributed by atoms with Crippen LogP contribution in [0.5, 0.6) is 0 Å². The molecule has 0 aliphatic carbocycles. The molecule has 0 spiro atoms. The molecule has 2 aromatic carbocycles. The van der Waals surface area contributed by atoms with Gasteiger partial charge in [0, 0.05) is 5.38 Å². The van der Waals surface area contributed by atoms with Gasteiger partial charge >= 0.3 is 11.9 Å². The number of ether oxygens (including phenoxy) is 2. The lowest BCUT2D eigenvalue weighted by atomic mass is 10.0. The summed E-state index contributed by atoms with van der Waals surface area (Å²) < 4.78 is 9.64. The van der Waals surface area contributed by atoms with E-state index in [1.165, 1.54) is 18.4 Å². The summed E-state index contributed by atoms with van der Waals surface area (Å²) in [7, 11) is 1.36. The van der Waals surface area contributed by atoms with Crippen LogP contribution in [0.3, 0.4) is 0 Å². The molecular weight excluding hydrogens is 402 g/mol. The number of carbonyl (C=O) groups is 2. The van der Waals surface area contributed by atoms with Crippen LogP contribution in [0.25, 0.3) is 11.1 Å². The number of anilines is 1. The Hall–Kier alpha value is -3.52. The first-order valence-electron chi connectivity index (χ1n) is 9.27. The number of carbonyl (C=O) groups excluding carboxylic acids is 2. The highest BCUT2D eigenvalue weighted by Gasteiger charge is 2.08. The molecule has 0 amide bonds. The van der Waals surface area contributed by atoms with Gasteiger partial charge in [0.1, 0.15) is 0 Å². The smallest absolute Gasteiger partial charge is 0.337 e. The van der Waals surface area contributed by atoms with Crippen LogP contribution < -0.4 is 5.43 Å². The summed E-state index contributed by atoms with van der Waals surface area (Å²) in [4.78, 5) is 27.4. The molecular formula is C22H21N3O4S.